The summed E-state index contributed by atoms with van der Waals surface area (Å²) in [6.07, 6.45) is 2.01. The Balaban J connectivity index is 2.08. The molecule has 2 rings (SSSR count). The van der Waals surface area contributed by atoms with Crippen molar-refractivity contribution in [3.8, 4) is 0 Å². The van der Waals surface area contributed by atoms with Crippen LogP contribution in [0.5, 0.6) is 0 Å². The Morgan fingerprint density at radius 2 is 2.00 bits per heavy atom. The van der Waals surface area contributed by atoms with Crippen LogP contribution in [0.15, 0.2) is 18.2 Å². The Labute approximate surface area is 129 Å². The van der Waals surface area contributed by atoms with Gasteiger partial charge in [0.2, 0.25) is 0 Å². The molecular weight excluding hydrogens is 292 g/mol. The number of likely N-dealkylation sites (tertiary alicyclic amines) is 1. The number of amides is 1. The molecule has 1 aromatic rings. The van der Waals surface area contributed by atoms with Crippen molar-refractivity contribution in [2.45, 2.75) is 26.7 Å². The molecule has 1 amide bonds. The first-order valence-corrected chi connectivity index (χ1v) is 7.51. The van der Waals surface area contributed by atoms with E-state index in [1.165, 1.54) is 18.2 Å². The van der Waals surface area contributed by atoms with E-state index >= 15 is 0 Å². The number of hydrogen-bond acceptors (Lipinski definition) is 3. The van der Waals surface area contributed by atoms with Gasteiger partial charge in [-0.3, -0.25) is 14.9 Å². The Kier molecular flexibility index (Phi) is 4.83. The minimum atomic E-state index is -0.551. The van der Waals surface area contributed by atoms with Crippen molar-refractivity contribution in [1.82, 2.24) is 4.90 Å². The second-order valence-electron chi connectivity index (χ2n) is 5.80. The zero-order valence-corrected chi connectivity index (χ0v) is 13.0. The molecule has 6 heteroatoms. The van der Waals surface area contributed by atoms with Crippen LogP contribution in [0, 0.1) is 22.0 Å². The first kappa shape index (κ1) is 15.8. The predicted octanol–water partition coefficient (Wildman–Crippen LogP) is 3.76. The van der Waals surface area contributed by atoms with Crippen LogP contribution in [0.2, 0.25) is 5.02 Å². The lowest BCUT2D eigenvalue weighted by Gasteiger charge is -2.34. The average molecular weight is 311 g/mol. The summed E-state index contributed by atoms with van der Waals surface area (Å²) in [4.78, 5) is 24.4. The van der Waals surface area contributed by atoms with E-state index in [0.717, 1.165) is 25.9 Å². The van der Waals surface area contributed by atoms with Crippen LogP contribution >= 0.6 is 11.6 Å². The van der Waals surface area contributed by atoms with Crippen LogP contribution in [-0.2, 0) is 0 Å². The standard InChI is InChI=1S/C15H19ClN2O3/c1-10(2)11-5-7-17(8-6-11)15(19)12-3-4-14(18(20)21)13(16)9-12/h3-4,9-11H,5-8H2,1-2H3. The summed E-state index contributed by atoms with van der Waals surface area (Å²) in [5, 5.41) is 10.7. The van der Waals surface area contributed by atoms with Gasteiger partial charge in [-0.15, -0.1) is 0 Å². The molecule has 0 spiro atoms. The molecule has 0 saturated carbocycles. The van der Waals surface area contributed by atoms with Gasteiger partial charge < -0.3 is 4.90 Å². The number of piperidine rings is 1. The molecule has 1 aromatic carbocycles. The fourth-order valence-corrected chi connectivity index (χ4v) is 2.99. The highest BCUT2D eigenvalue weighted by Gasteiger charge is 2.26. The molecule has 114 valence electrons. The van der Waals surface area contributed by atoms with Crippen molar-refractivity contribution in [3.63, 3.8) is 0 Å². The van der Waals surface area contributed by atoms with E-state index in [9.17, 15) is 14.9 Å². The normalized spacial score (nSPS) is 16.3. The van der Waals surface area contributed by atoms with E-state index in [1.54, 1.807) is 4.90 Å². The van der Waals surface area contributed by atoms with Crippen LogP contribution in [0.3, 0.4) is 0 Å². The molecule has 1 aliphatic rings. The smallest absolute Gasteiger partial charge is 0.287 e. The van der Waals surface area contributed by atoms with Gasteiger partial charge in [-0.2, -0.15) is 0 Å². The number of carbonyl (C=O) groups is 1. The molecule has 1 aliphatic heterocycles. The van der Waals surface area contributed by atoms with Crippen LogP contribution in [0.25, 0.3) is 0 Å². The maximum atomic E-state index is 12.4. The number of benzene rings is 1. The van der Waals surface area contributed by atoms with Gasteiger partial charge in [0, 0.05) is 24.7 Å². The second kappa shape index (κ2) is 6.43. The summed E-state index contributed by atoms with van der Waals surface area (Å²) in [6.45, 7) is 5.88. The molecule has 0 unspecified atom stereocenters. The van der Waals surface area contributed by atoms with Gasteiger partial charge in [0.25, 0.3) is 11.6 Å². The molecule has 0 aromatic heterocycles. The van der Waals surface area contributed by atoms with E-state index in [2.05, 4.69) is 13.8 Å². The third kappa shape index (κ3) is 3.53. The number of nitro groups is 1. The summed E-state index contributed by atoms with van der Waals surface area (Å²) >= 11 is 5.86. The molecule has 21 heavy (non-hydrogen) atoms. The minimum absolute atomic E-state index is 0.00270. The monoisotopic (exact) mass is 310 g/mol. The second-order valence-corrected chi connectivity index (χ2v) is 6.20. The number of rotatable bonds is 3. The number of nitro benzene ring substituents is 1. The van der Waals surface area contributed by atoms with E-state index < -0.39 is 4.92 Å². The maximum Gasteiger partial charge on any atom is 0.287 e. The highest BCUT2D eigenvalue weighted by molar-refractivity contribution is 6.33. The fourth-order valence-electron chi connectivity index (χ4n) is 2.74. The summed E-state index contributed by atoms with van der Waals surface area (Å²) < 4.78 is 0. The first-order valence-electron chi connectivity index (χ1n) is 7.13. The fraction of sp³-hybridized carbons (Fsp3) is 0.533. The van der Waals surface area contributed by atoms with Gasteiger partial charge in [0.05, 0.1) is 4.92 Å². The minimum Gasteiger partial charge on any atom is -0.339 e. The molecule has 0 bridgehead atoms. The third-order valence-electron chi connectivity index (χ3n) is 4.16. The quantitative estimate of drug-likeness (QED) is 0.631. The Hall–Kier alpha value is -1.62. The molecule has 0 atom stereocenters. The van der Waals surface area contributed by atoms with E-state index in [4.69, 9.17) is 11.6 Å². The average Bonchev–Trinajstić information content (AvgIpc) is 2.46. The summed E-state index contributed by atoms with van der Waals surface area (Å²) in [7, 11) is 0. The number of hydrogen-bond donors (Lipinski definition) is 0. The van der Waals surface area contributed by atoms with Crippen LogP contribution in [0.4, 0.5) is 5.69 Å². The predicted molar refractivity (Wildman–Crippen MR) is 81.6 cm³/mol. The summed E-state index contributed by atoms with van der Waals surface area (Å²) in [5.41, 5.74) is 0.236. The van der Waals surface area contributed by atoms with Crippen molar-refractivity contribution in [1.29, 1.82) is 0 Å². The van der Waals surface area contributed by atoms with Crippen molar-refractivity contribution >= 4 is 23.2 Å². The van der Waals surface area contributed by atoms with Crippen LogP contribution in [0.1, 0.15) is 37.0 Å². The zero-order chi connectivity index (χ0) is 15.6. The van der Waals surface area contributed by atoms with Gasteiger partial charge in [-0.25, -0.2) is 0 Å². The summed E-state index contributed by atoms with van der Waals surface area (Å²) in [6, 6.07) is 4.15. The van der Waals surface area contributed by atoms with Crippen molar-refractivity contribution in [2.24, 2.45) is 11.8 Å². The Morgan fingerprint density at radius 3 is 2.48 bits per heavy atom. The van der Waals surface area contributed by atoms with Gasteiger partial charge in [0.15, 0.2) is 0 Å². The lowest BCUT2D eigenvalue weighted by Crippen LogP contribution is -2.39. The molecule has 1 fully saturated rings. The van der Waals surface area contributed by atoms with Crippen LogP contribution in [-0.4, -0.2) is 28.8 Å². The third-order valence-corrected chi connectivity index (χ3v) is 4.46. The molecule has 0 N–H and O–H groups in total. The van der Waals surface area contributed by atoms with Crippen molar-refractivity contribution in [3.05, 3.63) is 38.9 Å². The van der Waals surface area contributed by atoms with E-state index in [-0.39, 0.29) is 16.6 Å². The molecule has 0 aliphatic carbocycles. The van der Waals surface area contributed by atoms with E-state index in [1.807, 2.05) is 0 Å². The first-order chi connectivity index (χ1) is 9.90. The largest absolute Gasteiger partial charge is 0.339 e. The highest BCUT2D eigenvalue weighted by atomic mass is 35.5. The number of carbonyl (C=O) groups excluding carboxylic acids is 1. The van der Waals surface area contributed by atoms with Crippen molar-refractivity contribution < 1.29 is 9.72 Å². The molecular formula is C15H19ClN2O3. The van der Waals surface area contributed by atoms with Gasteiger partial charge in [-0.1, -0.05) is 25.4 Å². The topological polar surface area (TPSA) is 63.5 Å². The van der Waals surface area contributed by atoms with Crippen LogP contribution < -0.4 is 0 Å². The summed E-state index contributed by atoms with van der Waals surface area (Å²) in [5.74, 6) is 1.19. The SMILES string of the molecule is CC(C)C1CCN(C(=O)c2ccc([N+](=O)[O-])c(Cl)c2)CC1. The van der Waals surface area contributed by atoms with E-state index in [0.29, 0.717) is 17.4 Å². The van der Waals surface area contributed by atoms with Gasteiger partial charge in [-0.05, 0) is 36.8 Å². The van der Waals surface area contributed by atoms with Gasteiger partial charge >= 0.3 is 0 Å². The number of halogens is 1. The lowest BCUT2D eigenvalue weighted by molar-refractivity contribution is -0.384. The highest BCUT2D eigenvalue weighted by Crippen LogP contribution is 2.28. The lowest BCUT2D eigenvalue weighted by atomic mass is 9.86. The molecule has 5 nitrogen and oxygen atoms in total. The van der Waals surface area contributed by atoms with Crippen molar-refractivity contribution in [2.75, 3.05) is 13.1 Å². The number of nitrogens with zero attached hydrogens (tertiary/aromatic N) is 2. The maximum absolute atomic E-state index is 12.4. The Bertz CT molecular complexity index is 552. The zero-order valence-electron chi connectivity index (χ0n) is 12.2. The molecule has 0 radical (unpaired) electrons. The molecule has 1 heterocycles. The van der Waals surface area contributed by atoms with Gasteiger partial charge in [0.1, 0.15) is 5.02 Å². The Morgan fingerprint density at radius 1 is 1.38 bits per heavy atom. The molecule has 1 saturated heterocycles.